The molecule has 8 nitrogen and oxygen atoms in total. The lowest BCUT2D eigenvalue weighted by molar-refractivity contribution is -0.120. The zero-order valence-electron chi connectivity index (χ0n) is 20.4. The zero-order chi connectivity index (χ0) is 25.7. The number of aromatic nitrogens is 1. The van der Waals surface area contributed by atoms with Crippen LogP contribution in [0.3, 0.4) is 0 Å². The van der Waals surface area contributed by atoms with Gasteiger partial charge in [0, 0.05) is 42.4 Å². The number of urea groups is 1. The number of carbonyl (C=O) groups is 3. The molecule has 0 saturated carbocycles. The number of carbonyl (C=O) groups excluding carboxylic acids is 3. The van der Waals surface area contributed by atoms with Gasteiger partial charge in [-0.3, -0.25) is 15.0 Å². The van der Waals surface area contributed by atoms with Crippen molar-refractivity contribution >= 4 is 51.8 Å². The molecule has 2 aliphatic rings. The van der Waals surface area contributed by atoms with E-state index in [0.717, 1.165) is 5.57 Å². The van der Waals surface area contributed by atoms with Gasteiger partial charge < -0.3 is 9.64 Å². The summed E-state index contributed by atoms with van der Waals surface area (Å²) in [6.07, 6.45) is 1.53. The Morgan fingerprint density at radius 3 is 2.60 bits per heavy atom. The van der Waals surface area contributed by atoms with Crippen molar-refractivity contribution in [1.82, 2.24) is 15.2 Å². The second kappa shape index (κ2) is 8.78. The number of halogens is 2. The second-order valence-electron chi connectivity index (χ2n) is 10.4. The topological polar surface area (TPSA) is 91.8 Å². The van der Waals surface area contributed by atoms with Crippen LogP contribution in [0.4, 0.5) is 19.7 Å². The number of nitrogens with zero attached hydrogens (tertiary/aromatic N) is 3. The first kappa shape index (κ1) is 24.9. The average molecular weight is 503 g/mol. The first-order chi connectivity index (χ1) is 16.3. The number of amides is 4. The summed E-state index contributed by atoms with van der Waals surface area (Å²) < 4.78 is 21.4. The molecule has 10 heteroatoms. The molecule has 1 N–H and O–H groups in total. The van der Waals surface area contributed by atoms with Crippen molar-refractivity contribution in [2.24, 2.45) is 5.41 Å². The highest BCUT2D eigenvalue weighted by Crippen LogP contribution is 2.41. The molecule has 0 radical (unpaired) electrons. The fourth-order valence-corrected chi connectivity index (χ4v) is 4.66. The summed E-state index contributed by atoms with van der Waals surface area (Å²) in [7, 11) is 0. The Balaban J connectivity index is 1.71. The number of benzene rings is 1. The molecular formula is C25H28ClFN4O4. The van der Waals surface area contributed by atoms with Crippen molar-refractivity contribution < 1.29 is 23.5 Å². The molecule has 3 heterocycles. The number of anilines is 1. The Bertz CT molecular complexity index is 1270. The molecule has 4 rings (SSSR count). The van der Waals surface area contributed by atoms with Crippen LogP contribution < -0.4 is 10.2 Å². The van der Waals surface area contributed by atoms with Crippen LogP contribution in [0.25, 0.3) is 16.5 Å². The summed E-state index contributed by atoms with van der Waals surface area (Å²) in [5.74, 6) is -0.872. The molecule has 1 aromatic carbocycles. The van der Waals surface area contributed by atoms with E-state index in [-0.39, 0.29) is 41.6 Å². The molecule has 0 spiro atoms. The number of rotatable bonds is 2. The van der Waals surface area contributed by atoms with E-state index in [4.69, 9.17) is 16.3 Å². The Labute approximate surface area is 208 Å². The molecule has 0 aliphatic carbocycles. The van der Waals surface area contributed by atoms with Gasteiger partial charge in [0.2, 0.25) is 5.91 Å². The molecule has 2 aliphatic heterocycles. The van der Waals surface area contributed by atoms with Gasteiger partial charge in [-0.2, -0.15) is 0 Å². The number of imide groups is 1. The largest absolute Gasteiger partial charge is 0.444 e. The third kappa shape index (κ3) is 4.96. The van der Waals surface area contributed by atoms with Gasteiger partial charge in [-0.1, -0.05) is 31.5 Å². The van der Waals surface area contributed by atoms with E-state index in [1.165, 1.54) is 11.0 Å². The molecule has 0 atom stereocenters. The normalized spacial score (nSPS) is 18.4. The van der Waals surface area contributed by atoms with Crippen molar-refractivity contribution in [2.45, 2.75) is 46.6 Å². The quantitative estimate of drug-likeness (QED) is 0.574. The molecule has 0 bridgehead atoms. The minimum atomic E-state index is -0.626. The highest BCUT2D eigenvalue weighted by molar-refractivity contribution is 6.33. The van der Waals surface area contributed by atoms with Crippen LogP contribution in [0.15, 0.2) is 24.3 Å². The van der Waals surface area contributed by atoms with Gasteiger partial charge in [-0.15, -0.1) is 0 Å². The standard InChI is InChI=1S/C25H28ClFN4O4/c1-24(2,3)35-23(34)30-10-8-16(25(4,5)13-30)14-6-7-17-15(20(14)27)12-18(21(26)28-17)31-11-9-19(32)29-22(31)33/h6-8,12H,9-11,13H2,1-5H3,(H,29,32,33). The molecule has 35 heavy (non-hydrogen) atoms. The van der Waals surface area contributed by atoms with Crippen molar-refractivity contribution in [2.75, 3.05) is 24.5 Å². The molecular weight excluding hydrogens is 475 g/mol. The van der Waals surface area contributed by atoms with E-state index in [1.54, 1.807) is 17.0 Å². The van der Waals surface area contributed by atoms with E-state index in [0.29, 0.717) is 17.6 Å². The van der Waals surface area contributed by atoms with E-state index in [1.807, 2.05) is 40.7 Å². The van der Waals surface area contributed by atoms with Crippen molar-refractivity contribution in [3.63, 3.8) is 0 Å². The first-order valence-electron chi connectivity index (χ1n) is 11.4. The van der Waals surface area contributed by atoms with Crippen LogP contribution >= 0.6 is 11.6 Å². The number of ether oxygens (including phenoxy) is 1. The lowest BCUT2D eigenvalue weighted by Crippen LogP contribution is -2.49. The van der Waals surface area contributed by atoms with Crippen molar-refractivity contribution in [3.8, 4) is 0 Å². The molecule has 4 amide bonds. The maximum atomic E-state index is 15.9. The lowest BCUT2D eigenvalue weighted by Gasteiger charge is -2.39. The SMILES string of the molecule is CC(C)(C)OC(=O)N1CC=C(c2ccc3nc(Cl)c(N4CCC(=O)NC4=O)cc3c2F)C(C)(C)C1. The third-order valence-electron chi connectivity index (χ3n) is 5.99. The highest BCUT2D eigenvalue weighted by atomic mass is 35.5. The Hall–Kier alpha value is -3.20. The maximum Gasteiger partial charge on any atom is 0.410 e. The fourth-order valence-electron chi connectivity index (χ4n) is 4.41. The van der Waals surface area contributed by atoms with Gasteiger partial charge in [0.25, 0.3) is 0 Å². The Kier molecular flexibility index (Phi) is 6.25. The minimum Gasteiger partial charge on any atom is -0.444 e. The van der Waals surface area contributed by atoms with Crippen LogP contribution in [0, 0.1) is 11.2 Å². The van der Waals surface area contributed by atoms with Gasteiger partial charge in [0.15, 0.2) is 5.15 Å². The monoisotopic (exact) mass is 502 g/mol. The zero-order valence-corrected chi connectivity index (χ0v) is 21.1. The summed E-state index contributed by atoms with van der Waals surface area (Å²) in [5.41, 5.74) is 0.556. The Morgan fingerprint density at radius 2 is 1.97 bits per heavy atom. The fraction of sp³-hybridized carbons (Fsp3) is 0.440. The van der Waals surface area contributed by atoms with Gasteiger partial charge in [0.05, 0.1) is 11.2 Å². The maximum absolute atomic E-state index is 15.9. The summed E-state index contributed by atoms with van der Waals surface area (Å²) in [6.45, 7) is 10.1. The Morgan fingerprint density at radius 1 is 1.26 bits per heavy atom. The third-order valence-corrected chi connectivity index (χ3v) is 6.26. The van der Waals surface area contributed by atoms with Gasteiger partial charge >= 0.3 is 12.1 Å². The number of nitrogens with one attached hydrogen (secondary N) is 1. The molecule has 1 saturated heterocycles. The summed E-state index contributed by atoms with van der Waals surface area (Å²) in [6, 6.07) is 4.20. The summed E-state index contributed by atoms with van der Waals surface area (Å²) in [4.78, 5) is 43.6. The van der Waals surface area contributed by atoms with Gasteiger partial charge in [-0.25, -0.2) is 19.0 Å². The van der Waals surface area contributed by atoms with Crippen LogP contribution in [-0.2, 0) is 9.53 Å². The number of hydrogen-bond acceptors (Lipinski definition) is 5. The predicted octanol–water partition coefficient (Wildman–Crippen LogP) is 5.13. The number of pyridine rings is 1. The second-order valence-corrected chi connectivity index (χ2v) is 10.8. The van der Waals surface area contributed by atoms with Gasteiger partial charge in [0.1, 0.15) is 11.4 Å². The van der Waals surface area contributed by atoms with E-state index < -0.39 is 29.0 Å². The number of hydrogen-bond donors (Lipinski definition) is 1. The summed E-state index contributed by atoms with van der Waals surface area (Å²) >= 11 is 6.31. The van der Waals surface area contributed by atoms with Crippen LogP contribution in [0.5, 0.6) is 0 Å². The number of fused-ring (bicyclic) bond motifs is 1. The first-order valence-corrected chi connectivity index (χ1v) is 11.7. The lowest BCUT2D eigenvalue weighted by atomic mass is 9.77. The van der Waals surface area contributed by atoms with Crippen molar-refractivity contribution in [3.05, 3.63) is 40.8 Å². The van der Waals surface area contributed by atoms with Crippen molar-refractivity contribution in [1.29, 1.82) is 0 Å². The molecule has 0 unspecified atom stereocenters. The van der Waals surface area contributed by atoms with Crippen LogP contribution in [0.2, 0.25) is 5.15 Å². The van der Waals surface area contributed by atoms with E-state index in [2.05, 4.69) is 10.3 Å². The van der Waals surface area contributed by atoms with Gasteiger partial charge in [-0.05, 0) is 44.5 Å². The molecule has 2 aromatic rings. The van der Waals surface area contributed by atoms with Crippen LogP contribution in [0.1, 0.15) is 46.6 Å². The smallest absolute Gasteiger partial charge is 0.410 e. The van der Waals surface area contributed by atoms with E-state index in [9.17, 15) is 14.4 Å². The summed E-state index contributed by atoms with van der Waals surface area (Å²) in [5, 5.41) is 2.48. The van der Waals surface area contributed by atoms with Crippen LogP contribution in [-0.4, -0.2) is 53.2 Å². The average Bonchev–Trinajstić information content (AvgIpc) is 2.73. The highest BCUT2D eigenvalue weighted by Gasteiger charge is 2.36. The molecule has 1 aromatic heterocycles. The minimum absolute atomic E-state index is 0.0411. The molecule has 186 valence electrons. The molecule has 1 fully saturated rings. The predicted molar refractivity (Wildman–Crippen MR) is 132 cm³/mol. The van der Waals surface area contributed by atoms with E-state index >= 15 is 4.39 Å².